The minimum Gasteiger partial charge on any atom is -0.345 e. The number of carbonyl (C=O) groups is 2. The van der Waals surface area contributed by atoms with E-state index in [4.69, 9.17) is 0 Å². The second-order valence-corrected chi connectivity index (χ2v) is 6.04. The Morgan fingerprint density at radius 2 is 1.67 bits per heavy atom. The predicted molar refractivity (Wildman–Crippen MR) is 88.8 cm³/mol. The molecule has 124 valence electrons. The van der Waals surface area contributed by atoms with Crippen LogP contribution in [-0.2, 0) is 10.3 Å². The van der Waals surface area contributed by atoms with Gasteiger partial charge in [0.15, 0.2) is 0 Å². The molecule has 1 saturated carbocycles. The molecule has 0 aliphatic heterocycles. The lowest BCUT2D eigenvalue weighted by Gasteiger charge is -2.43. The SMILES string of the molecule is O=C(CNC(=O)c1ccccc1)NC1(c2ccc(F)cc2)CCC1. The van der Waals surface area contributed by atoms with Gasteiger partial charge in [-0.3, -0.25) is 9.59 Å². The zero-order valence-electron chi connectivity index (χ0n) is 13.2. The number of nitrogens with one attached hydrogen (secondary N) is 2. The number of halogens is 1. The summed E-state index contributed by atoms with van der Waals surface area (Å²) in [6, 6.07) is 15.0. The molecule has 2 aromatic carbocycles. The Morgan fingerprint density at radius 1 is 1.00 bits per heavy atom. The monoisotopic (exact) mass is 326 g/mol. The van der Waals surface area contributed by atoms with Gasteiger partial charge in [-0.1, -0.05) is 30.3 Å². The van der Waals surface area contributed by atoms with Crippen LogP contribution in [0.4, 0.5) is 4.39 Å². The Balaban J connectivity index is 1.59. The molecule has 5 heteroatoms. The minimum absolute atomic E-state index is 0.0866. The molecule has 0 atom stereocenters. The smallest absolute Gasteiger partial charge is 0.251 e. The molecule has 0 unspecified atom stereocenters. The number of rotatable bonds is 5. The summed E-state index contributed by atoms with van der Waals surface area (Å²) in [4.78, 5) is 24.2. The summed E-state index contributed by atoms with van der Waals surface area (Å²) >= 11 is 0. The van der Waals surface area contributed by atoms with Crippen molar-refractivity contribution in [2.45, 2.75) is 24.8 Å². The van der Waals surface area contributed by atoms with Gasteiger partial charge >= 0.3 is 0 Å². The fourth-order valence-corrected chi connectivity index (χ4v) is 2.95. The van der Waals surface area contributed by atoms with Crippen LogP contribution in [0.3, 0.4) is 0 Å². The summed E-state index contributed by atoms with van der Waals surface area (Å²) in [6.45, 7) is -0.0866. The lowest BCUT2D eigenvalue weighted by Crippen LogP contribution is -2.53. The Morgan fingerprint density at radius 3 is 2.25 bits per heavy atom. The summed E-state index contributed by atoms with van der Waals surface area (Å²) in [5, 5.41) is 5.62. The van der Waals surface area contributed by atoms with Gasteiger partial charge in [-0.15, -0.1) is 0 Å². The normalized spacial score (nSPS) is 15.2. The van der Waals surface area contributed by atoms with Crippen LogP contribution < -0.4 is 10.6 Å². The van der Waals surface area contributed by atoms with Gasteiger partial charge in [-0.25, -0.2) is 4.39 Å². The van der Waals surface area contributed by atoms with Gasteiger partial charge in [0.2, 0.25) is 5.91 Å². The number of benzene rings is 2. The topological polar surface area (TPSA) is 58.2 Å². The Hall–Kier alpha value is -2.69. The van der Waals surface area contributed by atoms with Crippen LogP contribution in [0.15, 0.2) is 54.6 Å². The number of carbonyl (C=O) groups excluding carboxylic acids is 2. The standard InChI is InChI=1S/C19H19FN2O2/c20-16-9-7-15(8-10-16)19(11-4-12-19)22-17(23)13-21-18(24)14-5-2-1-3-6-14/h1-3,5-10H,4,11-13H2,(H,21,24)(H,22,23). The van der Waals surface area contributed by atoms with Crippen molar-refractivity contribution in [1.29, 1.82) is 0 Å². The largest absolute Gasteiger partial charge is 0.345 e. The van der Waals surface area contributed by atoms with E-state index in [2.05, 4.69) is 10.6 Å². The van der Waals surface area contributed by atoms with Crippen LogP contribution in [0.2, 0.25) is 0 Å². The second-order valence-electron chi connectivity index (χ2n) is 6.04. The third-order valence-electron chi connectivity index (χ3n) is 4.43. The van der Waals surface area contributed by atoms with E-state index in [1.54, 1.807) is 36.4 Å². The van der Waals surface area contributed by atoms with E-state index in [-0.39, 0.29) is 24.2 Å². The maximum Gasteiger partial charge on any atom is 0.251 e. The molecule has 2 N–H and O–H groups in total. The molecule has 24 heavy (non-hydrogen) atoms. The number of hydrogen-bond donors (Lipinski definition) is 2. The van der Waals surface area contributed by atoms with E-state index >= 15 is 0 Å². The highest BCUT2D eigenvalue weighted by Crippen LogP contribution is 2.41. The Kier molecular flexibility index (Phi) is 4.60. The van der Waals surface area contributed by atoms with Crippen molar-refractivity contribution in [2.75, 3.05) is 6.54 Å². The molecule has 2 aromatic rings. The predicted octanol–water partition coefficient (Wildman–Crippen LogP) is 2.75. The quantitative estimate of drug-likeness (QED) is 0.887. The molecule has 1 fully saturated rings. The molecule has 0 radical (unpaired) electrons. The lowest BCUT2D eigenvalue weighted by molar-refractivity contribution is -0.123. The highest BCUT2D eigenvalue weighted by molar-refractivity contribution is 5.96. The molecule has 1 aliphatic carbocycles. The van der Waals surface area contributed by atoms with Crippen LogP contribution in [0.25, 0.3) is 0 Å². The van der Waals surface area contributed by atoms with Crippen molar-refractivity contribution < 1.29 is 14.0 Å². The van der Waals surface area contributed by atoms with Crippen LogP contribution in [0.5, 0.6) is 0 Å². The zero-order chi connectivity index (χ0) is 17.0. The first kappa shape index (κ1) is 16.2. The molecule has 0 heterocycles. The Labute approximate surface area is 140 Å². The van der Waals surface area contributed by atoms with E-state index in [1.165, 1.54) is 12.1 Å². The molecule has 2 amide bonds. The third kappa shape index (κ3) is 3.45. The average molecular weight is 326 g/mol. The maximum atomic E-state index is 13.1. The van der Waals surface area contributed by atoms with Gasteiger partial charge < -0.3 is 10.6 Å². The van der Waals surface area contributed by atoms with E-state index in [0.717, 1.165) is 24.8 Å². The van der Waals surface area contributed by atoms with Gasteiger partial charge in [-0.05, 0) is 49.1 Å². The third-order valence-corrected chi connectivity index (χ3v) is 4.43. The fourth-order valence-electron chi connectivity index (χ4n) is 2.95. The average Bonchev–Trinajstić information content (AvgIpc) is 2.57. The molecule has 0 saturated heterocycles. The first-order valence-corrected chi connectivity index (χ1v) is 7.99. The summed E-state index contributed by atoms with van der Waals surface area (Å²) in [5.41, 5.74) is 0.975. The highest BCUT2D eigenvalue weighted by atomic mass is 19.1. The Bertz CT molecular complexity index is 725. The van der Waals surface area contributed by atoms with Crippen LogP contribution >= 0.6 is 0 Å². The molecule has 0 aromatic heterocycles. The number of hydrogen-bond acceptors (Lipinski definition) is 2. The molecule has 0 bridgehead atoms. The molecular weight excluding hydrogens is 307 g/mol. The summed E-state index contributed by atoms with van der Waals surface area (Å²) in [6.07, 6.45) is 2.64. The van der Waals surface area contributed by atoms with Gasteiger partial charge in [0.25, 0.3) is 5.91 Å². The van der Waals surface area contributed by atoms with Crippen molar-refractivity contribution in [2.24, 2.45) is 0 Å². The summed E-state index contributed by atoms with van der Waals surface area (Å²) < 4.78 is 13.1. The fraction of sp³-hybridized carbons (Fsp3) is 0.263. The van der Waals surface area contributed by atoms with Gasteiger partial charge in [0.05, 0.1) is 12.1 Å². The van der Waals surface area contributed by atoms with Gasteiger partial charge in [-0.2, -0.15) is 0 Å². The lowest BCUT2D eigenvalue weighted by atomic mass is 9.72. The summed E-state index contributed by atoms with van der Waals surface area (Å²) in [5.74, 6) is -0.826. The van der Waals surface area contributed by atoms with Crippen molar-refractivity contribution in [3.63, 3.8) is 0 Å². The molecule has 3 rings (SSSR count). The van der Waals surface area contributed by atoms with Gasteiger partial charge in [0, 0.05) is 5.56 Å². The number of amides is 2. The second kappa shape index (κ2) is 6.83. The van der Waals surface area contributed by atoms with Crippen LogP contribution in [-0.4, -0.2) is 18.4 Å². The van der Waals surface area contributed by atoms with E-state index in [1.807, 2.05) is 6.07 Å². The van der Waals surface area contributed by atoms with Crippen molar-refractivity contribution >= 4 is 11.8 Å². The molecule has 0 spiro atoms. The van der Waals surface area contributed by atoms with Crippen LogP contribution in [0.1, 0.15) is 35.2 Å². The molecular formula is C19H19FN2O2. The zero-order valence-corrected chi connectivity index (χ0v) is 13.2. The van der Waals surface area contributed by atoms with E-state index in [9.17, 15) is 14.0 Å². The molecule has 4 nitrogen and oxygen atoms in total. The first-order chi connectivity index (χ1) is 11.6. The highest BCUT2D eigenvalue weighted by Gasteiger charge is 2.39. The van der Waals surface area contributed by atoms with E-state index < -0.39 is 5.54 Å². The first-order valence-electron chi connectivity index (χ1n) is 7.99. The van der Waals surface area contributed by atoms with Crippen molar-refractivity contribution in [1.82, 2.24) is 10.6 Å². The van der Waals surface area contributed by atoms with Crippen molar-refractivity contribution in [3.8, 4) is 0 Å². The van der Waals surface area contributed by atoms with Crippen LogP contribution in [0, 0.1) is 5.82 Å². The minimum atomic E-state index is -0.442. The van der Waals surface area contributed by atoms with E-state index in [0.29, 0.717) is 5.56 Å². The maximum absolute atomic E-state index is 13.1. The van der Waals surface area contributed by atoms with Crippen molar-refractivity contribution in [3.05, 3.63) is 71.5 Å². The molecule has 1 aliphatic rings. The van der Waals surface area contributed by atoms with Gasteiger partial charge in [0.1, 0.15) is 5.82 Å². The summed E-state index contributed by atoms with van der Waals surface area (Å²) in [7, 11) is 0.